The Morgan fingerprint density at radius 1 is 1.04 bits per heavy atom. The quantitative estimate of drug-likeness (QED) is 0.184. The highest BCUT2D eigenvalue weighted by atomic mass is 35.5. The number of pyridine rings is 2. The van der Waals surface area contributed by atoms with Crippen molar-refractivity contribution in [2.75, 3.05) is 5.32 Å². The predicted molar refractivity (Wildman–Crippen MR) is 172 cm³/mol. The number of hydrogen-bond donors (Lipinski definition) is 2. The number of rotatable bonds is 8. The number of fused-ring (bicyclic) bond motifs is 4. The molecule has 1 aromatic carbocycles. The van der Waals surface area contributed by atoms with Gasteiger partial charge in [0.1, 0.15) is 17.3 Å². The van der Waals surface area contributed by atoms with Crippen molar-refractivity contribution in [3.8, 4) is 23.1 Å². The Labute approximate surface area is 270 Å². The Hall–Kier alpha value is -3.64. The van der Waals surface area contributed by atoms with E-state index in [9.17, 15) is 9.90 Å². The molecule has 0 radical (unpaired) electrons. The average molecular weight is 644 g/mol. The summed E-state index contributed by atoms with van der Waals surface area (Å²) in [7, 11) is 0. The lowest BCUT2D eigenvalue weighted by atomic mass is 9.59. The van der Waals surface area contributed by atoms with E-state index in [4.69, 9.17) is 32.5 Å². The summed E-state index contributed by atoms with van der Waals surface area (Å²) in [5.74, 6) is 7.99. The number of benzene rings is 1. The molecule has 0 saturated heterocycles. The van der Waals surface area contributed by atoms with Crippen molar-refractivity contribution in [3.05, 3.63) is 69.3 Å². The molecule has 4 aromatic rings. The summed E-state index contributed by atoms with van der Waals surface area (Å²) >= 11 is 13.0. The molecule has 5 saturated carbocycles. The van der Waals surface area contributed by atoms with E-state index in [0.29, 0.717) is 45.7 Å². The Bertz CT molecular complexity index is 1860. The maximum absolute atomic E-state index is 11.6. The Morgan fingerprint density at radius 3 is 2.44 bits per heavy atom. The van der Waals surface area contributed by atoms with Gasteiger partial charge in [-0.25, -0.2) is 9.78 Å². The lowest BCUT2D eigenvalue weighted by Gasteiger charge is -2.51. The molecule has 9 rings (SSSR count). The van der Waals surface area contributed by atoms with E-state index in [0.717, 1.165) is 91.9 Å². The Balaban J connectivity index is 0.995. The molecule has 10 heteroatoms. The molecule has 3 aromatic heterocycles. The third-order valence-corrected chi connectivity index (χ3v) is 10.6. The van der Waals surface area contributed by atoms with Crippen molar-refractivity contribution < 1.29 is 19.2 Å². The maximum Gasteiger partial charge on any atom is 0.354 e. The normalized spacial score (nSPS) is 24.0. The highest BCUT2D eigenvalue weighted by Gasteiger charge is 2.49. The molecular formula is C35H32Cl2N4O4. The molecule has 2 N–H and O–H groups in total. The number of aromatic carboxylic acids is 1. The number of carboxylic acid groups (broad SMARTS) is 1. The summed E-state index contributed by atoms with van der Waals surface area (Å²) in [6, 6.07) is 7.95. The smallest absolute Gasteiger partial charge is 0.354 e. The average Bonchev–Trinajstić information content (AvgIpc) is 3.99. The first-order valence-corrected chi connectivity index (χ1v) is 16.5. The van der Waals surface area contributed by atoms with E-state index < -0.39 is 5.97 Å². The third kappa shape index (κ3) is 5.56. The maximum atomic E-state index is 11.6. The molecule has 230 valence electrons. The van der Waals surface area contributed by atoms with Crippen LogP contribution in [-0.4, -0.2) is 37.8 Å². The minimum Gasteiger partial charge on any atom is -0.477 e. The fraction of sp³-hybridized carbons (Fsp3) is 0.429. The molecule has 0 aliphatic heterocycles. The SMILES string of the molecule is O=C(O)c1cc2ccc(C#CC34CCC(OCc5c(-c6c(Cl)cncc6Cl)noc5C5CC5)(CC3)CC4)cc2c(NC2CC2)n1. The van der Waals surface area contributed by atoms with Gasteiger partial charge in [-0.3, -0.25) is 4.98 Å². The number of nitrogens with one attached hydrogen (secondary N) is 1. The number of aromatic nitrogens is 3. The van der Waals surface area contributed by atoms with E-state index in [1.165, 1.54) is 0 Å². The zero-order chi connectivity index (χ0) is 30.8. The number of carbonyl (C=O) groups is 1. The Morgan fingerprint density at radius 2 is 1.78 bits per heavy atom. The van der Waals surface area contributed by atoms with Gasteiger partial charge in [-0.15, -0.1) is 0 Å². The van der Waals surface area contributed by atoms with Gasteiger partial charge in [-0.05, 0) is 87.8 Å². The first-order valence-electron chi connectivity index (χ1n) is 15.7. The topological polar surface area (TPSA) is 110 Å². The van der Waals surface area contributed by atoms with Crippen LogP contribution in [0.5, 0.6) is 0 Å². The number of halogens is 2. The molecule has 2 bridgehead atoms. The van der Waals surface area contributed by atoms with Crippen LogP contribution in [0.1, 0.15) is 97.5 Å². The first kappa shape index (κ1) is 28.8. The van der Waals surface area contributed by atoms with Gasteiger partial charge >= 0.3 is 5.97 Å². The minimum absolute atomic E-state index is 0.0276. The second-order valence-corrected chi connectivity index (χ2v) is 14.0. The minimum atomic E-state index is -1.03. The summed E-state index contributed by atoms with van der Waals surface area (Å²) in [6.07, 6.45) is 13.3. The fourth-order valence-electron chi connectivity index (χ4n) is 6.91. The summed E-state index contributed by atoms with van der Waals surface area (Å²) in [5, 5.41) is 20.0. The van der Waals surface area contributed by atoms with E-state index >= 15 is 0 Å². The molecular weight excluding hydrogens is 611 g/mol. The van der Waals surface area contributed by atoms with Gasteiger partial charge in [0.05, 0.1) is 22.3 Å². The molecule has 8 nitrogen and oxygen atoms in total. The van der Waals surface area contributed by atoms with E-state index in [2.05, 4.69) is 32.3 Å². The second kappa shape index (κ2) is 11.0. The van der Waals surface area contributed by atoms with Crippen molar-refractivity contribution in [2.24, 2.45) is 5.41 Å². The summed E-state index contributed by atoms with van der Waals surface area (Å²) < 4.78 is 12.6. The van der Waals surface area contributed by atoms with Crippen molar-refractivity contribution >= 4 is 45.8 Å². The predicted octanol–water partition coefficient (Wildman–Crippen LogP) is 8.40. The standard InChI is InChI=1S/C35H32Cl2N4O4/c36-26-17-38-18-27(37)29(26)30-25(31(45-41-30)21-3-4-21)19-44-35-12-9-34(10-13-35,11-14-35)8-7-20-1-2-22-16-28(33(42)43)40-32(24(22)15-20)39-23-5-6-23/h1-2,15-18,21,23H,3-6,9-14,19H2,(H,39,40)(H,42,43). The number of hydrogen-bond acceptors (Lipinski definition) is 7. The molecule has 0 amide bonds. The fourth-order valence-corrected chi connectivity index (χ4v) is 7.46. The van der Waals surface area contributed by atoms with Crippen LogP contribution in [-0.2, 0) is 11.3 Å². The molecule has 5 aliphatic carbocycles. The van der Waals surface area contributed by atoms with Gasteiger partial charge in [-0.1, -0.05) is 46.3 Å². The summed E-state index contributed by atoms with van der Waals surface area (Å²) in [6.45, 7) is 0.407. The van der Waals surface area contributed by atoms with Gasteiger partial charge in [0.15, 0.2) is 5.69 Å². The van der Waals surface area contributed by atoms with Crippen LogP contribution in [0.3, 0.4) is 0 Å². The first-order chi connectivity index (χ1) is 21.8. The molecule has 0 spiro atoms. The van der Waals surface area contributed by atoms with E-state index in [1.807, 2.05) is 18.2 Å². The highest BCUT2D eigenvalue weighted by molar-refractivity contribution is 6.38. The second-order valence-electron chi connectivity index (χ2n) is 13.1. The molecule has 5 aliphatic rings. The van der Waals surface area contributed by atoms with Crippen LogP contribution < -0.4 is 5.32 Å². The van der Waals surface area contributed by atoms with E-state index in [1.54, 1.807) is 18.5 Å². The zero-order valence-corrected chi connectivity index (χ0v) is 26.2. The van der Waals surface area contributed by atoms with Gasteiger partial charge in [-0.2, -0.15) is 0 Å². The number of ether oxygens (including phenoxy) is 1. The summed E-state index contributed by atoms with van der Waals surface area (Å²) in [4.78, 5) is 20.1. The van der Waals surface area contributed by atoms with Gasteiger partial charge < -0.3 is 19.7 Å². The van der Waals surface area contributed by atoms with Crippen LogP contribution in [0, 0.1) is 17.3 Å². The van der Waals surface area contributed by atoms with Gasteiger partial charge in [0, 0.05) is 51.8 Å². The lowest BCUT2D eigenvalue weighted by molar-refractivity contribution is -0.131. The third-order valence-electron chi connectivity index (χ3n) is 10.00. The highest BCUT2D eigenvalue weighted by Crippen LogP contribution is 2.54. The number of nitrogens with zero attached hydrogens (tertiary/aromatic N) is 3. The number of carboxylic acids is 1. The van der Waals surface area contributed by atoms with Gasteiger partial charge in [0.2, 0.25) is 0 Å². The van der Waals surface area contributed by atoms with Crippen LogP contribution in [0.15, 0.2) is 41.2 Å². The molecule has 3 heterocycles. The Kier molecular flexibility index (Phi) is 7.05. The van der Waals surface area contributed by atoms with Crippen molar-refractivity contribution in [2.45, 2.75) is 88.4 Å². The van der Waals surface area contributed by atoms with E-state index in [-0.39, 0.29) is 16.7 Å². The molecule has 45 heavy (non-hydrogen) atoms. The van der Waals surface area contributed by atoms with Gasteiger partial charge in [0.25, 0.3) is 0 Å². The van der Waals surface area contributed by atoms with Crippen LogP contribution in [0.4, 0.5) is 5.82 Å². The monoisotopic (exact) mass is 642 g/mol. The molecule has 5 fully saturated rings. The van der Waals surface area contributed by atoms with Crippen LogP contribution in [0.2, 0.25) is 10.0 Å². The number of anilines is 1. The van der Waals surface area contributed by atoms with Crippen molar-refractivity contribution in [1.82, 2.24) is 15.1 Å². The van der Waals surface area contributed by atoms with Crippen molar-refractivity contribution in [1.29, 1.82) is 0 Å². The molecule has 0 atom stereocenters. The van der Waals surface area contributed by atoms with Crippen LogP contribution in [0.25, 0.3) is 22.0 Å². The van der Waals surface area contributed by atoms with Crippen LogP contribution >= 0.6 is 23.2 Å². The lowest BCUT2D eigenvalue weighted by Crippen LogP contribution is -2.47. The summed E-state index contributed by atoms with van der Waals surface area (Å²) in [5.41, 5.74) is 2.99. The zero-order valence-electron chi connectivity index (χ0n) is 24.7. The molecule has 0 unspecified atom stereocenters. The van der Waals surface area contributed by atoms with Crippen molar-refractivity contribution in [3.63, 3.8) is 0 Å². The largest absolute Gasteiger partial charge is 0.477 e.